The highest BCUT2D eigenvalue weighted by molar-refractivity contribution is 5.03. The molecule has 0 bridgehead atoms. The van der Waals surface area contributed by atoms with Crippen LogP contribution in [0.4, 0.5) is 0 Å². The van der Waals surface area contributed by atoms with E-state index >= 15 is 0 Å². The molecule has 0 saturated heterocycles. The van der Waals surface area contributed by atoms with Gasteiger partial charge >= 0.3 is 0 Å². The van der Waals surface area contributed by atoms with Gasteiger partial charge < -0.3 is 4.52 Å². The highest BCUT2D eigenvalue weighted by Gasteiger charge is 1.97. The Labute approximate surface area is 140 Å². The molecule has 23 heavy (non-hydrogen) atoms. The standard InChI is InChI=1S/C20H31NO2/c1-2-3-4-5-6-7-8-9-10-11-12-13-14-15-16-17-19-18-20(22)21-23-19/h6-7,10-13,18H,2-5,8-9,14-17H2,1H3,(H,21,22)/b7-6-,11-10+,13-12-. The topological polar surface area (TPSA) is 46.0 Å². The maximum Gasteiger partial charge on any atom is 0.280 e. The van der Waals surface area contributed by atoms with Crippen LogP contribution in [0, 0.1) is 0 Å². The van der Waals surface area contributed by atoms with Crippen LogP contribution in [-0.4, -0.2) is 5.16 Å². The lowest BCUT2D eigenvalue weighted by molar-refractivity contribution is 0.375. The molecule has 0 fully saturated rings. The first-order valence-electron chi connectivity index (χ1n) is 8.97. The van der Waals surface area contributed by atoms with E-state index in [2.05, 4.69) is 48.5 Å². The second kappa shape index (κ2) is 13.9. The van der Waals surface area contributed by atoms with Crippen molar-refractivity contribution in [1.29, 1.82) is 0 Å². The lowest BCUT2D eigenvalue weighted by Gasteiger charge is -1.93. The summed E-state index contributed by atoms with van der Waals surface area (Å²) in [5.74, 6) is 0.752. The van der Waals surface area contributed by atoms with Gasteiger partial charge in [-0.15, -0.1) is 0 Å². The highest BCUT2D eigenvalue weighted by atomic mass is 16.5. The van der Waals surface area contributed by atoms with Crippen molar-refractivity contribution in [3.63, 3.8) is 0 Å². The van der Waals surface area contributed by atoms with Crippen molar-refractivity contribution in [2.24, 2.45) is 0 Å². The van der Waals surface area contributed by atoms with E-state index in [9.17, 15) is 4.79 Å². The van der Waals surface area contributed by atoms with Gasteiger partial charge in [0, 0.05) is 12.5 Å². The van der Waals surface area contributed by atoms with Crippen LogP contribution in [-0.2, 0) is 6.42 Å². The summed E-state index contributed by atoms with van der Waals surface area (Å²) in [6.45, 7) is 2.24. The van der Waals surface area contributed by atoms with Crippen molar-refractivity contribution in [3.8, 4) is 0 Å². The van der Waals surface area contributed by atoms with Crippen LogP contribution in [0.5, 0.6) is 0 Å². The number of allylic oxidation sites excluding steroid dienone is 6. The molecule has 0 aliphatic rings. The molecular formula is C20H31NO2. The number of aromatic amines is 1. The molecule has 0 aliphatic heterocycles. The molecule has 1 heterocycles. The normalized spacial score (nSPS) is 12.2. The Morgan fingerprint density at radius 1 is 0.913 bits per heavy atom. The molecule has 3 heteroatoms. The Morgan fingerprint density at radius 3 is 2.30 bits per heavy atom. The van der Waals surface area contributed by atoms with Crippen LogP contribution in [0.2, 0.25) is 0 Å². The van der Waals surface area contributed by atoms with Gasteiger partial charge in [-0.2, -0.15) is 5.16 Å². The van der Waals surface area contributed by atoms with Crippen LogP contribution in [0.3, 0.4) is 0 Å². The number of aromatic nitrogens is 1. The van der Waals surface area contributed by atoms with Crippen molar-refractivity contribution in [2.45, 2.75) is 71.1 Å². The zero-order valence-electron chi connectivity index (χ0n) is 14.4. The number of hydrogen-bond acceptors (Lipinski definition) is 2. The minimum atomic E-state index is -0.152. The van der Waals surface area contributed by atoms with Crippen LogP contribution in [0.25, 0.3) is 0 Å². The third kappa shape index (κ3) is 11.5. The zero-order valence-corrected chi connectivity index (χ0v) is 14.4. The SMILES string of the molecule is CCCCC/C=C\CC/C=C/C=C\CCCCc1cc(=O)[nH]o1. The fourth-order valence-electron chi connectivity index (χ4n) is 2.30. The first-order valence-corrected chi connectivity index (χ1v) is 8.97. The number of nitrogens with one attached hydrogen (secondary N) is 1. The highest BCUT2D eigenvalue weighted by Crippen LogP contribution is 2.05. The predicted octanol–water partition coefficient (Wildman–Crippen LogP) is 5.71. The molecule has 0 amide bonds. The number of aryl methyl sites for hydroxylation is 1. The molecule has 0 atom stereocenters. The van der Waals surface area contributed by atoms with E-state index < -0.39 is 0 Å². The summed E-state index contributed by atoms with van der Waals surface area (Å²) in [6, 6.07) is 1.52. The lowest BCUT2D eigenvalue weighted by Crippen LogP contribution is -1.92. The molecule has 1 N–H and O–H groups in total. The first-order chi connectivity index (χ1) is 11.3. The van der Waals surface area contributed by atoms with E-state index in [0.717, 1.165) is 44.3 Å². The number of hydrogen-bond donors (Lipinski definition) is 1. The summed E-state index contributed by atoms with van der Waals surface area (Å²) in [5.41, 5.74) is -0.152. The maximum absolute atomic E-state index is 10.9. The van der Waals surface area contributed by atoms with Crippen LogP contribution in [0.15, 0.2) is 51.8 Å². The van der Waals surface area contributed by atoms with Crippen molar-refractivity contribution < 1.29 is 4.52 Å². The Bertz CT molecular complexity index is 520. The van der Waals surface area contributed by atoms with E-state index in [1.54, 1.807) is 0 Å². The monoisotopic (exact) mass is 317 g/mol. The van der Waals surface area contributed by atoms with Gasteiger partial charge in [0.1, 0.15) is 5.76 Å². The molecule has 0 radical (unpaired) electrons. The first kappa shape index (κ1) is 19.3. The average Bonchev–Trinajstić information content (AvgIpc) is 2.96. The zero-order chi connectivity index (χ0) is 16.6. The van der Waals surface area contributed by atoms with Crippen LogP contribution in [0.1, 0.15) is 70.5 Å². The molecule has 128 valence electrons. The molecule has 0 saturated carbocycles. The molecule has 0 unspecified atom stereocenters. The van der Waals surface area contributed by atoms with Gasteiger partial charge in [-0.1, -0.05) is 56.2 Å². The Kier molecular flexibility index (Phi) is 11.6. The summed E-state index contributed by atoms with van der Waals surface area (Å²) < 4.78 is 5.01. The molecule has 0 spiro atoms. The van der Waals surface area contributed by atoms with Gasteiger partial charge in [0.05, 0.1) is 0 Å². The van der Waals surface area contributed by atoms with Gasteiger partial charge in [-0.3, -0.25) is 4.79 Å². The lowest BCUT2D eigenvalue weighted by atomic mass is 10.1. The molecule has 3 nitrogen and oxygen atoms in total. The fourth-order valence-corrected chi connectivity index (χ4v) is 2.30. The summed E-state index contributed by atoms with van der Waals surface area (Å²) in [5, 5.41) is 2.31. The van der Waals surface area contributed by atoms with Gasteiger partial charge in [-0.25, -0.2) is 0 Å². The van der Waals surface area contributed by atoms with Gasteiger partial charge in [0.2, 0.25) is 0 Å². The Morgan fingerprint density at radius 2 is 1.57 bits per heavy atom. The van der Waals surface area contributed by atoms with E-state index in [0.29, 0.717) is 0 Å². The van der Waals surface area contributed by atoms with Crippen molar-refractivity contribution >= 4 is 0 Å². The number of H-pyrrole nitrogens is 1. The summed E-state index contributed by atoms with van der Waals surface area (Å²) >= 11 is 0. The smallest absolute Gasteiger partial charge is 0.280 e. The molecule has 0 aromatic carbocycles. The molecular weight excluding hydrogens is 286 g/mol. The molecule has 1 aromatic rings. The third-order valence-electron chi connectivity index (χ3n) is 3.64. The summed E-state index contributed by atoms with van der Waals surface area (Å²) in [4.78, 5) is 10.9. The van der Waals surface area contributed by atoms with Gasteiger partial charge in [-0.05, 0) is 44.9 Å². The number of unbranched alkanes of at least 4 members (excludes halogenated alkanes) is 6. The average molecular weight is 317 g/mol. The van der Waals surface area contributed by atoms with Crippen molar-refractivity contribution in [3.05, 3.63) is 58.6 Å². The molecule has 1 aromatic heterocycles. The minimum Gasteiger partial charge on any atom is -0.384 e. The predicted molar refractivity (Wildman–Crippen MR) is 97.7 cm³/mol. The Hall–Kier alpha value is -1.77. The van der Waals surface area contributed by atoms with Gasteiger partial charge in [0.25, 0.3) is 5.56 Å². The minimum absolute atomic E-state index is 0.152. The second-order valence-corrected chi connectivity index (χ2v) is 5.83. The van der Waals surface area contributed by atoms with E-state index in [4.69, 9.17) is 4.52 Å². The second-order valence-electron chi connectivity index (χ2n) is 5.83. The largest absolute Gasteiger partial charge is 0.384 e. The summed E-state index contributed by atoms with van der Waals surface area (Å²) in [7, 11) is 0. The van der Waals surface area contributed by atoms with Crippen molar-refractivity contribution in [2.75, 3.05) is 0 Å². The van der Waals surface area contributed by atoms with Crippen molar-refractivity contribution in [1.82, 2.24) is 5.16 Å². The number of rotatable bonds is 13. The molecule has 0 aliphatic carbocycles. The third-order valence-corrected chi connectivity index (χ3v) is 3.64. The quantitative estimate of drug-likeness (QED) is 0.288. The van der Waals surface area contributed by atoms with Gasteiger partial charge in [0.15, 0.2) is 0 Å². The maximum atomic E-state index is 10.9. The Balaban J connectivity index is 1.92. The van der Waals surface area contributed by atoms with Crippen LogP contribution < -0.4 is 5.56 Å². The molecule has 1 rings (SSSR count). The summed E-state index contributed by atoms with van der Waals surface area (Å²) in [6.07, 6.45) is 24.8. The van der Waals surface area contributed by atoms with E-state index in [1.165, 1.54) is 31.7 Å². The van der Waals surface area contributed by atoms with E-state index in [-0.39, 0.29) is 5.56 Å². The fraction of sp³-hybridized carbons (Fsp3) is 0.550. The van der Waals surface area contributed by atoms with Crippen LogP contribution >= 0.6 is 0 Å². The van der Waals surface area contributed by atoms with E-state index in [1.807, 2.05) is 0 Å².